The highest BCUT2D eigenvalue weighted by molar-refractivity contribution is 6.31. The van der Waals surface area contributed by atoms with Crippen molar-refractivity contribution in [3.05, 3.63) is 57.9 Å². The predicted octanol–water partition coefficient (Wildman–Crippen LogP) is 2.65. The van der Waals surface area contributed by atoms with E-state index in [1.54, 1.807) is 6.20 Å². The van der Waals surface area contributed by atoms with Crippen LogP contribution in [0.25, 0.3) is 0 Å². The fourth-order valence-corrected chi connectivity index (χ4v) is 3.93. The first-order valence-corrected chi connectivity index (χ1v) is 9.14. The Hall–Kier alpha value is -2.33. The van der Waals surface area contributed by atoms with Crippen LogP contribution < -0.4 is 5.32 Å². The number of fused-ring (bicyclic) bond motifs is 1. The van der Waals surface area contributed by atoms with Crippen LogP contribution in [0.3, 0.4) is 0 Å². The van der Waals surface area contributed by atoms with Gasteiger partial charge in [0.15, 0.2) is 0 Å². The summed E-state index contributed by atoms with van der Waals surface area (Å²) >= 11 is 6.47. The number of hydrogen-bond acceptors (Lipinski definition) is 5. The Labute approximate surface area is 158 Å². The fourth-order valence-electron chi connectivity index (χ4n) is 3.68. The number of piperazine rings is 1. The van der Waals surface area contributed by atoms with Gasteiger partial charge in [-0.2, -0.15) is 10.4 Å². The first kappa shape index (κ1) is 17.1. The van der Waals surface area contributed by atoms with Gasteiger partial charge in [-0.3, -0.25) is 10.00 Å². The highest BCUT2D eigenvalue weighted by Crippen LogP contribution is 2.42. The zero-order valence-corrected chi connectivity index (χ0v) is 15.4. The molecule has 1 fully saturated rings. The van der Waals surface area contributed by atoms with Crippen molar-refractivity contribution in [2.24, 2.45) is 0 Å². The molecule has 3 heterocycles. The van der Waals surface area contributed by atoms with E-state index in [2.05, 4.69) is 38.4 Å². The van der Waals surface area contributed by atoms with Crippen LogP contribution in [0.4, 0.5) is 5.82 Å². The van der Waals surface area contributed by atoms with E-state index in [0.717, 1.165) is 55.4 Å². The first-order chi connectivity index (χ1) is 12.7. The molecule has 2 aliphatic heterocycles. The van der Waals surface area contributed by atoms with Crippen LogP contribution in [-0.2, 0) is 0 Å². The minimum absolute atomic E-state index is 0.203. The molecule has 2 aliphatic rings. The van der Waals surface area contributed by atoms with Gasteiger partial charge in [0.1, 0.15) is 5.82 Å². The Morgan fingerprint density at radius 1 is 1.23 bits per heavy atom. The SMILES string of the molecule is CN1CCN(CC2=C(C#N)C(c3ccccc3Cl)c3cn[nH]c3N2)CC1. The number of likely N-dealkylation sites (N-methyl/N-ethyl adjacent to an activating group) is 1. The second kappa shape index (κ2) is 7.12. The molecule has 0 aliphatic carbocycles. The topological polar surface area (TPSA) is 71.0 Å². The van der Waals surface area contributed by atoms with Crippen molar-refractivity contribution in [2.75, 3.05) is 45.1 Å². The fraction of sp³-hybridized carbons (Fsp3) is 0.368. The molecule has 0 radical (unpaired) electrons. The molecule has 1 aromatic heterocycles. The van der Waals surface area contributed by atoms with E-state index in [0.29, 0.717) is 10.6 Å². The van der Waals surface area contributed by atoms with Crippen LogP contribution in [0.1, 0.15) is 17.0 Å². The molecule has 6 nitrogen and oxygen atoms in total. The third-order valence-corrected chi connectivity index (χ3v) is 5.53. The number of nitrogens with one attached hydrogen (secondary N) is 2. The van der Waals surface area contributed by atoms with Gasteiger partial charge in [-0.15, -0.1) is 0 Å². The molecule has 26 heavy (non-hydrogen) atoms. The van der Waals surface area contributed by atoms with Crippen molar-refractivity contribution in [1.29, 1.82) is 5.26 Å². The lowest BCUT2D eigenvalue weighted by Crippen LogP contribution is -2.45. The smallest absolute Gasteiger partial charge is 0.129 e. The summed E-state index contributed by atoms with van der Waals surface area (Å²) in [5.74, 6) is 0.643. The first-order valence-electron chi connectivity index (χ1n) is 8.76. The maximum Gasteiger partial charge on any atom is 0.129 e. The average Bonchev–Trinajstić information content (AvgIpc) is 3.11. The third-order valence-electron chi connectivity index (χ3n) is 5.18. The van der Waals surface area contributed by atoms with E-state index in [1.165, 1.54) is 0 Å². The summed E-state index contributed by atoms with van der Waals surface area (Å²) in [6.07, 6.45) is 1.78. The van der Waals surface area contributed by atoms with Crippen LogP contribution in [0.2, 0.25) is 5.02 Å². The lowest BCUT2D eigenvalue weighted by Gasteiger charge is -2.35. The van der Waals surface area contributed by atoms with Gasteiger partial charge in [-0.25, -0.2) is 0 Å². The highest BCUT2D eigenvalue weighted by atomic mass is 35.5. The van der Waals surface area contributed by atoms with Gasteiger partial charge in [0.05, 0.1) is 23.8 Å². The van der Waals surface area contributed by atoms with Gasteiger partial charge < -0.3 is 10.2 Å². The molecule has 0 saturated carbocycles. The van der Waals surface area contributed by atoms with Crippen molar-refractivity contribution in [1.82, 2.24) is 20.0 Å². The number of H-pyrrole nitrogens is 1. The van der Waals surface area contributed by atoms with E-state index < -0.39 is 0 Å². The Balaban J connectivity index is 1.73. The van der Waals surface area contributed by atoms with Crippen LogP contribution in [-0.4, -0.2) is 59.8 Å². The summed E-state index contributed by atoms with van der Waals surface area (Å²) in [6, 6.07) is 10.2. The summed E-state index contributed by atoms with van der Waals surface area (Å²) in [6.45, 7) is 4.78. The Morgan fingerprint density at radius 3 is 2.73 bits per heavy atom. The van der Waals surface area contributed by atoms with Gasteiger partial charge in [0.25, 0.3) is 0 Å². The summed E-state index contributed by atoms with van der Waals surface area (Å²) in [4.78, 5) is 4.70. The zero-order valence-electron chi connectivity index (χ0n) is 14.7. The predicted molar refractivity (Wildman–Crippen MR) is 102 cm³/mol. The molecule has 1 saturated heterocycles. The number of aromatic nitrogens is 2. The van der Waals surface area contributed by atoms with E-state index >= 15 is 0 Å². The summed E-state index contributed by atoms with van der Waals surface area (Å²) in [5.41, 5.74) is 3.53. The molecule has 1 atom stereocenters. The molecule has 2 aromatic rings. The van der Waals surface area contributed by atoms with E-state index in [-0.39, 0.29) is 5.92 Å². The monoisotopic (exact) mass is 368 g/mol. The second-order valence-corrected chi connectivity index (χ2v) is 7.27. The zero-order chi connectivity index (χ0) is 18.1. The minimum Gasteiger partial charge on any atom is -0.342 e. The number of rotatable bonds is 3. The number of allylic oxidation sites excluding steroid dienone is 1. The van der Waals surface area contributed by atoms with Gasteiger partial charge >= 0.3 is 0 Å². The lowest BCUT2D eigenvalue weighted by molar-refractivity contribution is 0.164. The number of halogens is 1. The molecule has 1 unspecified atom stereocenters. The van der Waals surface area contributed by atoms with Crippen LogP contribution >= 0.6 is 11.6 Å². The second-order valence-electron chi connectivity index (χ2n) is 6.86. The van der Waals surface area contributed by atoms with Crippen LogP contribution in [0.5, 0.6) is 0 Å². The number of anilines is 1. The van der Waals surface area contributed by atoms with Crippen molar-refractivity contribution in [2.45, 2.75) is 5.92 Å². The number of aromatic amines is 1. The number of hydrogen-bond donors (Lipinski definition) is 2. The van der Waals surface area contributed by atoms with Gasteiger partial charge in [-0.05, 0) is 18.7 Å². The van der Waals surface area contributed by atoms with Crippen molar-refractivity contribution in [3.63, 3.8) is 0 Å². The molecule has 0 bridgehead atoms. The highest BCUT2D eigenvalue weighted by Gasteiger charge is 2.33. The van der Waals surface area contributed by atoms with Crippen LogP contribution in [0, 0.1) is 11.3 Å². The van der Waals surface area contributed by atoms with E-state index in [9.17, 15) is 5.26 Å². The summed E-state index contributed by atoms with van der Waals surface area (Å²) in [7, 11) is 2.14. The Morgan fingerprint density at radius 2 is 2.00 bits per heavy atom. The van der Waals surface area contributed by atoms with E-state index in [1.807, 2.05) is 24.3 Å². The summed E-state index contributed by atoms with van der Waals surface area (Å²) in [5, 5.41) is 21.2. The third kappa shape index (κ3) is 3.10. The molecular weight excluding hydrogens is 348 g/mol. The summed E-state index contributed by atoms with van der Waals surface area (Å²) < 4.78 is 0. The van der Waals surface area contributed by atoms with Crippen molar-refractivity contribution >= 4 is 17.4 Å². The van der Waals surface area contributed by atoms with Gasteiger partial charge in [0, 0.05) is 49.0 Å². The molecule has 1 aromatic carbocycles. The number of benzene rings is 1. The molecule has 4 rings (SSSR count). The van der Waals surface area contributed by atoms with Crippen LogP contribution in [0.15, 0.2) is 41.7 Å². The number of nitrogens with zero attached hydrogens (tertiary/aromatic N) is 4. The molecule has 2 N–H and O–H groups in total. The quantitative estimate of drug-likeness (QED) is 0.871. The van der Waals surface area contributed by atoms with E-state index in [4.69, 9.17) is 11.6 Å². The molecule has 0 spiro atoms. The maximum atomic E-state index is 9.97. The Bertz CT molecular complexity index is 872. The van der Waals surface area contributed by atoms with Gasteiger partial charge in [-0.1, -0.05) is 29.8 Å². The standard InChI is InChI=1S/C19H21ClN6/c1-25-6-8-26(9-7-25)12-17-14(10-21)18(13-4-2-3-5-16(13)20)15-11-22-24-19(15)23-17/h2-5,11,18H,6-9,12H2,1H3,(H2,22,23,24). The van der Waals surface area contributed by atoms with Gasteiger partial charge in [0.2, 0.25) is 0 Å². The molecular formula is C19H21ClN6. The maximum absolute atomic E-state index is 9.97. The number of nitriles is 1. The van der Waals surface area contributed by atoms with Crippen molar-refractivity contribution in [3.8, 4) is 6.07 Å². The Kier molecular flexibility index (Phi) is 4.68. The minimum atomic E-state index is -0.203. The molecule has 7 heteroatoms. The average molecular weight is 369 g/mol. The normalized spacial score (nSPS) is 21.2. The largest absolute Gasteiger partial charge is 0.342 e. The molecule has 0 amide bonds. The van der Waals surface area contributed by atoms with Crippen molar-refractivity contribution < 1.29 is 0 Å². The lowest BCUT2D eigenvalue weighted by atomic mass is 9.83. The molecule has 134 valence electrons.